The van der Waals surface area contributed by atoms with Crippen molar-refractivity contribution in [1.82, 2.24) is 14.7 Å². The Morgan fingerprint density at radius 2 is 1.79 bits per heavy atom. The van der Waals surface area contributed by atoms with Gasteiger partial charge in [0.25, 0.3) is 5.91 Å². The summed E-state index contributed by atoms with van der Waals surface area (Å²) < 4.78 is 1.68. The van der Waals surface area contributed by atoms with E-state index in [2.05, 4.69) is 10.4 Å². The van der Waals surface area contributed by atoms with Crippen LogP contribution >= 0.6 is 11.6 Å². The molecule has 0 atom stereocenters. The maximum Gasteiger partial charge on any atom is 0.258 e. The van der Waals surface area contributed by atoms with Gasteiger partial charge in [-0.2, -0.15) is 5.10 Å². The highest BCUT2D eigenvalue weighted by Crippen LogP contribution is 2.19. The predicted molar refractivity (Wildman–Crippen MR) is 114 cm³/mol. The van der Waals surface area contributed by atoms with E-state index in [-0.39, 0.29) is 11.8 Å². The molecule has 1 heterocycles. The zero-order valence-electron chi connectivity index (χ0n) is 16.4. The van der Waals surface area contributed by atoms with Gasteiger partial charge in [0, 0.05) is 36.9 Å². The molecule has 2 aromatic carbocycles. The van der Waals surface area contributed by atoms with E-state index in [1.807, 2.05) is 55.5 Å². The lowest BCUT2D eigenvalue weighted by atomic mass is 10.1. The van der Waals surface area contributed by atoms with Crippen LogP contribution < -0.4 is 5.32 Å². The van der Waals surface area contributed by atoms with E-state index in [1.54, 1.807) is 15.8 Å². The first-order valence-electron chi connectivity index (χ1n) is 9.38. The maximum atomic E-state index is 12.7. The third kappa shape index (κ3) is 5.23. The number of para-hydroxylation sites is 1. The second kappa shape index (κ2) is 9.39. The lowest BCUT2D eigenvalue weighted by molar-refractivity contribution is -0.129. The van der Waals surface area contributed by atoms with E-state index in [1.165, 1.54) is 13.1 Å². The number of nitrogens with one attached hydrogen (secondary N) is 1. The van der Waals surface area contributed by atoms with Crippen LogP contribution in [-0.2, 0) is 17.9 Å². The van der Waals surface area contributed by atoms with Crippen molar-refractivity contribution in [1.29, 1.82) is 0 Å². The number of amides is 2. The summed E-state index contributed by atoms with van der Waals surface area (Å²) in [5, 5.41) is 7.86. The van der Waals surface area contributed by atoms with Crippen molar-refractivity contribution in [2.45, 2.75) is 26.9 Å². The van der Waals surface area contributed by atoms with Crippen LogP contribution in [0.3, 0.4) is 0 Å². The van der Waals surface area contributed by atoms with Crippen LogP contribution in [0, 0.1) is 0 Å². The normalized spacial score (nSPS) is 10.6. The van der Waals surface area contributed by atoms with Crippen molar-refractivity contribution in [3.63, 3.8) is 0 Å². The van der Waals surface area contributed by atoms with Gasteiger partial charge in [-0.15, -0.1) is 0 Å². The first-order chi connectivity index (χ1) is 14.0. The van der Waals surface area contributed by atoms with Crippen molar-refractivity contribution in [2.75, 3.05) is 11.9 Å². The molecule has 0 aliphatic carbocycles. The minimum Gasteiger partial charge on any atom is -0.339 e. The molecule has 0 radical (unpaired) electrons. The molecular formula is C22H23ClN4O2. The lowest BCUT2D eigenvalue weighted by Crippen LogP contribution is -2.28. The summed E-state index contributed by atoms with van der Waals surface area (Å²) in [4.78, 5) is 26.2. The standard InChI is InChI=1S/C22H23ClN4O2/c1-3-26(16(2)28)13-18-9-5-7-11-21(18)25-22(29)19-12-24-27(15-19)14-17-8-4-6-10-20(17)23/h4-12,15H,3,13-14H2,1-2H3,(H,25,29). The fourth-order valence-corrected chi connectivity index (χ4v) is 3.19. The Hall–Kier alpha value is -3.12. The summed E-state index contributed by atoms with van der Waals surface area (Å²) >= 11 is 6.20. The number of hydrogen-bond donors (Lipinski definition) is 1. The van der Waals surface area contributed by atoms with Gasteiger partial charge in [-0.3, -0.25) is 14.3 Å². The molecule has 0 unspecified atom stereocenters. The van der Waals surface area contributed by atoms with Crippen LogP contribution in [0.5, 0.6) is 0 Å². The molecule has 0 fully saturated rings. The minimum atomic E-state index is -0.256. The molecule has 6 nitrogen and oxygen atoms in total. The quantitative estimate of drug-likeness (QED) is 0.634. The second-order valence-electron chi connectivity index (χ2n) is 6.66. The summed E-state index contributed by atoms with van der Waals surface area (Å²) in [5.41, 5.74) is 2.93. The average molecular weight is 411 g/mol. The number of halogens is 1. The number of aromatic nitrogens is 2. The van der Waals surface area contributed by atoms with Crippen LogP contribution in [0.25, 0.3) is 0 Å². The fraction of sp³-hybridized carbons (Fsp3) is 0.227. The molecule has 1 aromatic heterocycles. The monoisotopic (exact) mass is 410 g/mol. The van der Waals surface area contributed by atoms with Crippen molar-refractivity contribution < 1.29 is 9.59 Å². The van der Waals surface area contributed by atoms with Crippen LogP contribution in [0.2, 0.25) is 5.02 Å². The molecule has 29 heavy (non-hydrogen) atoms. The predicted octanol–water partition coefficient (Wildman–Crippen LogP) is 4.21. The third-order valence-corrected chi connectivity index (χ3v) is 5.01. The molecule has 150 valence electrons. The van der Waals surface area contributed by atoms with Crippen LogP contribution in [0.4, 0.5) is 5.69 Å². The van der Waals surface area contributed by atoms with E-state index in [9.17, 15) is 9.59 Å². The second-order valence-corrected chi connectivity index (χ2v) is 7.07. The van der Waals surface area contributed by atoms with Gasteiger partial charge in [-0.25, -0.2) is 0 Å². The van der Waals surface area contributed by atoms with Crippen LogP contribution in [0.1, 0.15) is 35.3 Å². The summed E-state index contributed by atoms with van der Waals surface area (Å²) in [5.74, 6) is -0.261. The number of anilines is 1. The van der Waals surface area contributed by atoms with E-state index in [0.717, 1.165) is 11.1 Å². The fourth-order valence-electron chi connectivity index (χ4n) is 2.99. The zero-order chi connectivity index (χ0) is 20.8. The summed E-state index contributed by atoms with van der Waals surface area (Å²) in [6.07, 6.45) is 3.22. The van der Waals surface area contributed by atoms with E-state index < -0.39 is 0 Å². The van der Waals surface area contributed by atoms with Crippen molar-refractivity contribution in [2.24, 2.45) is 0 Å². The maximum absolute atomic E-state index is 12.7. The van der Waals surface area contributed by atoms with Gasteiger partial charge in [0.1, 0.15) is 0 Å². The Labute approximate surface area is 175 Å². The van der Waals surface area contributed by atoms with Gasteiger partial charge in [-0.05, 0) is 30.2 Å². The van der Waals surface area contributed by atoms with Gasteiger partial charge >= 0.3 is 0 Å². The highest BCUT2D eigenvalue weighted by atomic mass is 35.5. The zero-order valence-corrected chi connectivity index (χ0v) is 17.2. The number of hydrogen-bond acceptors (Lipinski definition) is 3. The summed E-state index contributed by atoms with van der Waals surface area (Å²) in [7, 11) is 0. The number of benzene rings is 2. The minimum absolute atomic E-state index is 0.00511. The molecule has 0 spiro atoms. The largest absolute Gasteiger partial charge is 0.339 e. The summed E-state index contributed by atoms with van der Waals surface area (Å²) in [6.45, 7) is 4.99. The van der Waals surface area contributed by atoms with Gasteiger partial charge in [0.2, 0.25) is 5.91 Å². The smallest absolute Gasteiger partial charge is 0.258 e. The van der Waals surface area contributed by atoms with Crippen LogP contribution in [0.15, 0.2) is 60.9 Å². The number of rotatable bonds is 7. The Bertz CT molecular complexity index is 1020. The topological polar surface area (TPSA) is 67.2 Å². The molecule has 7 heteroatoms. The first kappa shape index (κ1) is 20.6. The molecule has 3 rings (SSSR count). The number of nitrogens with zero attached hydrogens (tertiary/aromatic N) is 3. The molecule has 3 aromatic rings. The molecule has 0 aliphatic rings. The molecule has 0 bridgehead atoms. The third-order valence-electron chi connectivity index (χ3n) is 4.64. The van der Waals surface area contributed by atoms with Gasteiger partial charge < -0.3 is 10.2 Å². The van der Waals surface area contributed by atoms with E-state index in [4.69, 9.17) is 11.6 Å². The van der Waals surface area contributed by atoms with Gasteiger partial charge in [-0.1, -0.05) is 48.0 Å². The van der Waals surface area contributed by atoms with Crippen molar-refractivity contribution in [3.05, 3.63) is 82.6 Å². The van der Waals surface area contributed by atoms with Gasteiger partial charge in [0.05, 0.1) is 18.3 Å². The molecule has 0 saturated carbocycles. The number of carbonyl (C=O) groups is 2. The molecule has 0 aliphatic heterocycles. The Morgan fingerprint density at radius 3 is 2.48 bits per heavy atom. The first-order valence-corrected chi connectivity index (χ1v) is 9.76. The van der Waals surface area contributed by atoms with Crippen molar-refractivity contribution in [3.8, 4) is 0 Å². The van der Waals surface area contributed by atoms with Gasteiger partial charge in [0.15, 0.2) is 0 Å². The summed E-state index contributed by atoms with van der Waals surface area (Å²) in [6, 6.07) is 15.0. The van der Waals surface area contributed by atoms with E-state index in [0.29, 0.717) is 35.9 Å². The van der Waals surface area contributed by atoms with Crippen molar-refractivity contribution >= 4 is 29.1 Å². The Kier molecular flexibility index (Phi) is 6.67. The highest BCUT2D eigenvalue weighted by molar-refractivity contribution is 6.31. The number of carbonyl (C=O) groups excluding carboxylic acids is 2. The molecule has 2 amide bonds. The average Bonchev–Trinajstić information content (AvgIpc) is 3.17. The van der Waals surface area contributed by atoms with E-state index >= 15 is 0 Å². The molecule has 1 N–H and O–H groups in total. The SMILES string of the molecule is CCN(Cc1ccccc1NC(=O)c1cnn(Cc2ccccc2Cl)c1)C(C)=O. The van der Waals surface area contributed by atoms with Crippen LogP contribution in [-0.4, -0.2) is 33.0 Å². The lowest BCUT2D eigenvalue weighted by Gasteiger charge is -2.20. The highest BCUT2D eigenvalue weighted by Gasteiger charge is 2.14. The molecule has 0 saturated heterocycles. The Morgan fingerprint density at radius 1 is 1.10 bits per heavy atom. The molecular weight excluding hydrogens is 388 g/mol. The Balaban J connectivity index is 1.72.